The van der Waals surface area contributed by atoms with Crippen LogP contribution in [0, 0.1) is 0 Å². The fraction of sp³-hybridized carbons (Fsp3) is 0.273. The predicted octanol–water partition coefficient (Wildman–Crippen LogP) is 4.47. The third-order valence-corrected chi connectivity index (χ3v) is 6.87. The zero-order valence-corrected chi connectivity index (χ0v) is 17.8. The third-order valence-electron chi connectivity index (χ3n) is 5.14. The van der Waals surface area contributed by atoms with Crippen LogP contribution in [0.25, 0.3) is 11.1 Å². The van der Waals surface area contributed by atoms with Gasteiger partial charge < -0.3 is 4.74 Å². The SMILES string of the molecule is O=S(=O)(NC1CCC(Oc2ncc(Cl)cn2)CC1)c1ccc(-c2ccccc2)cc1. The molecule has 0 aliphatic heterocycles. The van der Waals surface area contributed by atoms with E-state index in [-0.39, 0.29) is 17.0 Å². The molecule has 1 fully saturated rings. The molecule has 0 saturated heterocycles. The minimum Gasteiger partial charge on any atom is -0.460 e. The summed E-state index contributed by atoms with van der Waals surface area (Å²) in [6, 6.07) is 17.0. The van der Waals surface area contributed by atoms with Crippen LogP contribution in [0.3, 0.4) is 0 Å². The molecule has 156 valence electrons. The minimum atomic E-state index is -3.57. The zero-order chi connectivity index (χ0) is 21.0. The van der Waals surface area contributed by atoms with Crippen LogP contribution in [0.15, 0.2) is 71.9 Å². The molecule has 3 aromatic rings. The number of nitrogens with one attached hydrogen (secondary N) is 1. The summed E-state index contributed by atoms with van der Waals surface area (Å²) in [5, 5.41) is 0.456. The molecular weight excluding hydrogens is 422 g/mol. The number of sulfonamides is 1. The zero-order valence-electron chi connectivity index (χ0n) is 16.2. The van der Waals surface area contributed by atoms with Crippen molar-refractivity contribution in [2.24, 2.45) is 0 Å². The van der Waals surface area contributed by atoms with Crippen molar-refractivity contribution >= 4 is 21.6 Å². The van der Waals surface area contributed by atoms with Crippen molar-refractivity contribution in [3.63, 3.8) is 0 Å². The van der Waals surface area contributed by atoms with Crippen molar-refractivity contribution in [3.05, 3.63) is 72.0 Å². The quantitative estimate of drug-likeness (QED) is 0.608. The molecule has 0 radical (unpaired) electrons. The molecule has 1 N–H and O–H groups in total. The highest BCUT2D eigenvalue weighted by Crippen LogP contribution is 2.25. The van der Waals surface area contributed by atoms with E-state index < -0.39 is 10.0 Å². The lowest BCUT2D eigenvalue weighted by molar-refractivity contribution is 0.132. The Morgan fingerprint density at radius 3 is 2.10 bits per heavy atom. The molecule has 1 aliphatic carbocycles. The summed E-state index contributed by atoms with van der Waals surface area (Å²) in [5.74, 6) is 0. The van der Waals surface area contributed by atoms with Gasteiger partial charge in [0.25, 0.3) is 0 Å². The van der Waals surface area contributed by atoms with Crippen molar-refractivity contribution in [2.45, 2.75) is 42.7 Å². The summed E-state index contributed by atoms with van der Waals surface area (Å²) in [7, 11) is -3.57. The standard InChI is InChI=1S/C22H22ClN3O3S/c23-18-14-24-22(25-15-18)29-20-10-8-19(9-11-20)26-30(27,28)21-12-6-17(7-13-21)16-4-2-1-3-5-16/h1-7,12-15,19-20,26H,8-11H2. The Labute approximate surface area is 181 Å². The fourth-order valence-electron chi connectivity index (χ4n) is 3.55. The molecule has 1 saturated carbocycles. The third kappa shape index (κ3) is 5.16. The minimum absolute atomic E-state index is 0.0305. The first-order valence-electron chi connectivity index (χ1n) is 9.82. The van der Waals surface area contributed by atoms with Gasteiger partial charge in [0.05, 0.1) is 22.3 Å². The number of hydrogen-bond donors (Lipinski definition) is 1. The maximum Gasteiger partial charge on any atom is 0.316 e. The van der Waals surface area contributed by atoms with E-state index in [1.165, 1.54) is 12.4 Å². The topological polar surface area (TPSA) is 81.2 Å². The van der Waals surface area contributed by atoms with Gasteiger partial charge in [-0.15, -0.1) is 0 Å². The number of halogens is 1. The normalized spacial score (nSPS) is 19.4. The van der Waals surface area contributed by atoms with E-state index in [0.717, 1.165) is 24.0 Å². The summed E-state index contributed by atoms with van der Waals surface area (Å²) < 4.78 is 34.2. The van der Waals surface area contributed by atoms with E-state index in [1.54, 1.807) is 12.1 Å². The Morgan fingerprint density at radius 1 is 0.867 bits per heavy atom. The second kappa shape index (κ2) is 9.12. The summed E-state index contributed by atoms with van der Waals surface area (Å²) >= 11 is 5.78. The van der Waals surface area contributed by atoms with Crippen LogP contribution in [0.2, 0.25) is 5.02 Å². The first-order chi connectivity index (χ1) is 14.5. The van der Waals surface area contributed by atoms with Crippen LogP contribution in [-0.4, -0.2) is 30.5 Å². The van der Waals surface area contributed by atoms with Gasteiger partial charge in [0.2, 0.25) is 10.0 Å². The van der Waals surface area contributed by atoms with Gasteiger partial charge in [-0.05, 0) is 48.9 Å². The van der Waals surface area contributed by atoms with Crippen LogP contribution in [0.4, 0.5) is 0 Å². The van der Waals surface area contributed by atoms with E-state index in [2.05, 4.69) is 14.7 Å². The molecule has 0 bridgehead atoms. The lowest BCUT2D eigenvalue weighted by Gasteiger charge is -2.28. The molecule has 4 rings (SSSR count). The van der Waals surface area contributed by atoms with Crippen LogP contribution in [0.5, 0.6) is 6.01 Å². The lowest BCUT2D eigenvalue weighted by atomic mass is 9.94. The number of aromatic nitrogens is 2. The molecule has 0 amide bonds. The van der Waals surface area contributed by atoms with Crippen molar-refractivity contribution in [2.75, 3.05) is 0 Å². The summed E-state index contributed by atoms with van der Waals surface area (Å²) in [4.78, 5) is 8.36. The highest BCUT2D eigenvalue weighted by molar-refractivity contribution is 7.89. The van der Waals surface area contributed by atoms with Crippen LogP contribution in [-0.2, 0) is 10.0 Å². The van der Waals surface area contributed by atoms with Crippen molar-refractivity contribution < 1.29 is 13.2 Å². The predicted molar refractivity (Wildman–Crippen MR) is 116 cm³/mol. The molecule has 2 aromatic carbocycles. The maximum absolute atomic E-state index is 12.8. The van der Waals surface area contributed by atoms with Gasteiger partial charge >= 0.3 is 6.01 Å². The molecule has 1 aliphatic rings. The molecule has 30 heavy (non-hydrogen) atoms. The maximum atomic E-state index is 12.8. The Kier molecular flexibility index (Phi) is 6.32. The number of ether oxygens (including phenoxy) is 1. The number of hydrogen-bond acceptors (Lipinski definition) is 5. The van der Waals surface area contributed by atoms with Crippen molar-refractivity contribution in [1.29, 1.82) is 0 Å². The van der Waals surface area contributed by atoms with E-state index in [4.69, 9.17) is 16.3 Å². The first kappa shape index (κ1) is 20.8. The van der Waals surface area contributed by atoms with Crippen molar-refractivity contribution in [1.82, 2.24) is 14.7 Å². The second-order valence-electron chi connectivity index (χ2n) is 7.29. The van der Waals surface area contributed by atoms with E-state index >= 15 is 0 Å². The van der Waals surface area contributed by atoms with Gasteiger partial charge in [-0.3, -0.25) is 0 Å². The van der Waals surface area contributed by atoms with Gasteiger partial charge in [-0.1, -0.05) is 54.1 Å². The Morgan fingerprint density at radius 2 is 1.47 bits per heavy atom. The first-order valence-corrected chi connectivity index (χ1v) is 11.7. The monoisotopic (exact) mass is 443 g/mol. The van der Waals surface area contributed by atoms with E-state index in [9.17, 15) is 8.42 Å². The van der Waals surface area contributed by atoms with E-state index in [1.807, 2.05) is 42.5 Å². The van der Waals surface area contributed by atoms with Gasteiger partial charge in [0.15, 0.2) is 0 Å². The number of benzene rings is 2. The van der Waals surface area contributed by atoms with E-state index in [0.29, 0.717) is 23.9 Å². The van der Waals surface area contributed by atoms with Crippen LogP contribution < -0.4 is 9.46 Å². The van der Waals surface area contributed by atoms with Gasteiger partial charge in [0.1, 0.15) is 6.10 Å². The summed E-state index contributed by atoms with van der Waals surface area (Å²) in [5.41, 5.74) is 2.04. The molecule has 1 aromatic heterocycles. The largest absolute Gasteiger partial charge is 0.460 e. The average molecular weight is 444 g/mol. The molecule has 1 heterocycles. The molecule has 0 atom stereocenters. The Bertz CT molecular complexity index is 1070. The molecule has 0 unspecified atom stereocenters. The Hall–Kier alpha value is -2.48. The van der Waals surface area contributed by atoms with Crippen LogP contribution >= 0.6 is 11.6 Å². The second-order valence-corrected chi connectivity index (χ2v) is 9.44. The smallest absolute Gasteiger partial charge is 0.316 e. The highest BCUT2D eigenvalue weighted by Gasteiger charge is 2.27. The number of nitrogens with zero attached hydrogens (tertiary/aromatic N) is 2. The van der Waals surface area contributed by atoms with Gasteiger partial charge in [0, 0.05) is 6.04 Å². The van der Waals surface area contributed by atoms with Crippen LogP contribution in [0.1, 0.15) is 25.7 Å². The average Bonchev–Trinajstić information content (AvgIpc) is 2.77. The molecule has 8 heteroatoms. The van der Waals surface area contributed by atoms with Gasteiger partial charge in [-0.25, -0.2) is 23.1 Å². The fourth-order valence-corrected chi connectivity index (χ4v) is 4.96. The summed E-state index contributed by atoms with van der Waals surface area (Å²) in [6.45, 7) is 0. The molecular formula is C22H22ClN3O3S. The highest BCUT2D eigenvalue weighted by atomic mass is 35.5. The lowest BCUT2D eigenvalue weighted by Crippen LogP contribution is -2.39. The number of rotatable bonds is 6. The summed E-state index contributed by atoms with van der Waals surface area (Å²) in [6.07, 6.45) is 5.80. The van der Waals surface area contributed by atoms with Gasteiger partial charge in [-0.2, -0.15) is 0 Å². The molecule has 6 nitrogen and oxygen atoms in total. The van der Waals surface area contributed by atoms with Crippen molar-refractivity contribution in [3.8, 4) is 17.1 Å². The molecule has 0 spiro atoms. The Balaban J connectivity index is 1.33.